The Labute approximate surface area is 197 Å². The number of aryl methyl sites for hydroxylation is 1. The van der Waals surface area contributed by atoms with E-state index in [1.54, 1.807) is 4.57 Å². The van der Waals surface area contributed by atoms with E-state index in [1.165, 1.54) is 0 Å². The van der Waals surface area contributed by atoms with Gasteiger partial charge in [-0.15, -0.1) is 0 Å². The number of nitrogens with zero attached hydrogens (tertiary/aromatic N) is 3. The second-order valence-electron chi connectivity index (χ2n) is 8.39. The van der Waals surface area contributed by atoms with Gasteiger partial charge in [0.15, 0.2) is 11.2 Å². The van der Waals surface area contributed by atoms with E-state index in [0.29, 0.717) is 30.1 Å². The van der Waals surface area contributed by atoms with Crippen molar-refractivity contribution in [2.45, 2.75) is 32.9 Å². The molecule has 34 heavy (non-hydrogen) atoms. The number of fused-ring (bicyclic) bond motifs is 1. The van der Waals surface area contributed by atoms with Gasteiger partial charge < -0.3 is 4.57 Å². The fourth-order valence-corrected chi connectivity index (χ4v) is 4.28. The molecule has 5 rings (SSSR count). The van der Waals surface area contributed by atoms with Gasteiger partial charge in [-0.2, -0.15) is 0 Å². The molecule has 3 aromatic carbocycles. The van der Waals surface area contributed by atoms with Crippen molar-refractivity contribution in [3.8, 4) is 22.5 Å². The number of benzene rings is 3. The molecule has 2 aromatic heterocycles. The van der Waals surface area contributed by atoms with Crippen LogP contribution in [0.1, 0.15) is 25.3 Å². The van der Waals surface area contributed by atoms with Gasteiger partial charge in [-0.3, -0.25) is 14.3 Å². The second kappa shape index (κ2) is 9.35. The highest BCUT2D eigenvalue weighted by Crippen LogP contribution is 2.27. The first-order chi connectivity index (χ1) is 16.7. The van der Waals surface area contributed by atoms with Crippen LogP contribution in [0.4, 0.5) is 0 Å². The summed E-state index contributed by atoms with van der Waals surface area (Å²) in [6.07, 6.45) is 1.88. The summed E-state index contributed by atoms with van der Waals surface area (Å²) in [6.45, 7) is 3.10. The van der Waals surface area contributed by atoms with Crippen LogP contribution in [0, 0.1) is 0 Å². The Morgan fingerprint density at radius 2 is 1.38 bits per heavy atom. The Kier molecular flexibility index (Phi) is 5.95. The monoisotopic (exact) mass is 450 g/mol. The van der Waals surface area contributed by atoms with E-state index in [2.05, 4.69) is 36.2 Å². The molecule has 0 saturated carbocycles. The topological polar surface area (TPSA) is 72.7 Å². The first kappa shape index (κ1) is 21.6. The van der Waals surface area contributed by atoms with Crippen molar-refractivity contribution in [1.82, 2.24) is 19.1 Å². The molecule has 5 aromatic rings. The zero-order valence-electron chi connectivity index (χ0n) is 19.1. The number of nitrogens with one attached hydrogen (secondary N) is 1. The normalized spacial score (nSPS) is 11.2. The Morgan fingerprint density at radius 1 is 0.765 bits per heavy atom. The number of unbranched alkanes of at least 4 members (excludes halogenated alkanes) is 1. The Balaban J connectivity index is 1.67. The average molecular weight is 451 g/mol. The lowest BCUT2D eigenvalue weighted by molar-refractivity contribution is 0.648. The van der Waals surface area contributed by atoms with E-state index < -0.39 is 11.2 Å². The van der Waals surface area contributed by atoms with E-state index >= 15 is 0 Å². The lowest BCUT2D eigenvalue weighted by Gasteiger charge is -2.09. The van der Waals surface area contributed by atoms with E-state index in [1.807, 2.05) is 65.2 Å². The summed E-state index contributed by atoms with van der Waals surface area (Å²) in [4.78, 5) is 33.1. The summed E-state index contributed by atoms with van der Waals surface area (Å²) in [6, 6.07) is 28.1. The number of rotatable bonds is 7. The number of aromatic amines is 1. The number of imidazole rings is 1. The SMILES string of the molecule is CCCCn1c(-c2ccc(-c3ccccc3)cc2)nc2c1c(=O)[nH]c(=O)n2Cc1ccccc1. The zero-order chi connectivity index (χ0) is 23.5. The molecule has 0 aliphatic carbocycles. The number of hydrogen-bond donors (Lipinski definition) is 1. The molecule has 0 radical (unpaired) electrons. The van der Waals surface area contributed by atoms with Crippen LogP contribution >= 0.6 is 0 Å². The predicted molar refractivity (Wildman–Crippen MR) is 136 cm³/mol. The average Bonchev–Trinajstić information content (AvgIpc) is 3.26. The largest absolute Gasteiger partial charge is 0.330 e. The lowest BCUT2D eigenvalue weighted by Crippen LogP contribution is -2.31. The van der Waals surface area contributed by atoms with Crippen molar-refractivity contribution in [3.63, 3.8) is 0 Å². The first-order valence-electron chi connectivity index (χ1n) is 11.6. The number of aromatic nitrogens is 4. The van der Waals surface area contributed by atoms with Crippen LogP contribution in [0.15, 0.2) is 94.5 Å². The zero-order valence-corrected chi connectivity index (χ0v) is 19.1. The third-order valence-electron chi connectivity index (χ3n) is 6.05. The Hall–Kier alpha value is -4.19. The minimum absolute atomic E-state index is 0.337. The predicted octanol–water partition coefficient (Wildman–Crippen LogP) is 5.07. The van der Waals surface area contributed by atoms with Crippen LogP contribution in [-0.2, 0) is 13.1 Å². The maximum Gasteiger partial charge on any atom is 0.330 e. The van der Waals surface area contributed by atoms with Crippen LogP contribution in [0.2, 0.25) is 0 Å². The summed E-state index contributed by atoms with van der Waals surface area (Å²) in [5.74, 6) is 0.695. The van der Waals surface area contributed by atoms with Crippen LogP contribution in [0.3, 0.4) is 0 Å². The molecular formula is C28H26N4O2. The second-order valence-corrected chi connectivity index (χ2v) is 8.39. The van der Waals surface area contributed by atoms with Gasteiger partial charge in [-0.1, -0.05) is 98.3 Å². The maximum absolute atomic E-state index is 12.9. The van der Waals surface area contributed by atoms with Gasteiger partial charge in [0.1, 0.15) is 5.82 Å². The maximum atomic E-state index is 12.9. The third kappa shape index (κ3) is 4.10. The molecule has 0 fully saturated rings. The van der Waals surface area contributed by atoms with Crippen molar-refractivity contribution >= 4 is 11.2 Å². The summed E-state index contributed by atoms with van der Waals surface area (Å²) in [5.41, 5.74) is 4.12. The summed E-state index contributed by atoms with van der Waals surface area (Å²) >= 11 is 0. The van der Waals surface area contributed by atoms with Gasteiger partial charge in [-0.05, 0) is 23.1 Å². The molecular weight excluding hydrogens is 424 g/mol. The molecule has 0 amide bonds. The molecule has 0 bridgehead atoms. The quantitative estimate of drug-likeness (QED) is 0.376. The molecule has 6 nitrogen and oxygen atoms in total. The lowest BCUT2D eigenvalue weighted by atomic mass is 10.0. The third-order valence-corrected chi connectivity index (χ3v) is 6.05. The fraction of sp³-hybridized carbons (Fsp3) is 0.179. The van der Waals surface area contributed by atoms with E-state index in [9.17, 15) is 9.59 Å². The van der Waals surface area contributed by atoms with E-state index in [4.69, 9.17) is 4.98 Å². The number of H-pyrrole nitrogens is 1. The van der Waals surface area contributed by atoms with Crippen LogP contribution < -0.4 is 11.2 Å². The highest BCUT2D eigenvalue weighted by atomic mass is 16.2. The van der Waals surface area contributed by atoms with Crippen LogP contribution in [-0.4, -0.2) is 19.1 Å². The highest BCUT2D eigenvalue weighted by Gasteiger charge is 2.19. The van der Waals surface area contributed by atoms with Gasteiger partial charge in [0.05, 0.1) is 6.54 Å². The standard InChI is InChI=1S/C28H26N4O2/c1-2-3-18-31-24-26(32(28(34)30-27(24)33)19-20-10-6-4-7-11-20)29-25(31)23-16-14-22(15-17-23)21-12-8-5-9-13-21/h4-17H,2-3,18-19H2,1H3,(H,30,33,34). The Morgan fingerprint density at radius 3 is 2.06 bits per heavy atom. The van der Waals surface area contributed by atoms with Crippen molar-refractivity contribution in [2.75, 3.05) is 0 Å². The summed E-state index contributed by atoms with van der Waals surface area (Å²) < 4.78 is 3.51. The van der Waals surface area contributed by atoms with Crippen molar-refractivity contribution in [3.05, 3.63) is 111 Å². The molecule has 0 spiro atoms. The fourth-order valence-electron chi connectivity index (χ4n) is 4.28. The smallest absolute Gasteiger partial charge is 0.318 e. The van der Waals surface area contributed by atoms with Crippen LogP contribution in [0.25, 0.3) is 33.7 Å². The molecule has 6 heteroatoms. The molecule has 0 unspecified atom stereocenters. The first-order valence-corrected chi connectivity index (χ1v) is 11.6. The van der Waals surface area contributed by atoms with E-state index in [-0.39, 0.29) is 0 Å². The van der Waals surface area contributed by atoms with Crippen molar-refractivity contribution < 1.29 is 0 Å². The summed E-state index contributed by atoms with van der Waals surface area (Å²) in [5, 5.41) is 0. The van der Waals surface area contributed by atoms with Crippen molar-refractivity contribution in [2.24, 2.45) is 0 Å². The van der Waals surface area contributed by atoms with Gasteiger partial charge in [-0.25, -0.2) is 9.78 Å². The molecule has 170 valence electrons. The molecule has 0 aliphatic heterocycles. The highest BCUT2D eigenvalue weighted by molar-refractivity contribution is 5.78. The number of hydrogen-bond acceptors (Lipinski definition) is 3. The molecule has 1 N–H and O–H groups in total. The molecule has 0 saturated heterocycles. The Bertz CT molecular complexity index is 1530. The van der Waals surface area contributed by atoms with Crippen molar-refractivity contribution in [1.29, 1.82) is 0 Å². The molecule has 0 aliphatic rings. The van der Waals surface area contributed by atoms with E-state index in [0.717, 1.165) is 35.1 Å². The molecule has 2 heterocycles. The van der Waals surface area contributed by atoms with Gasteiger partial charge in [0.2, 0.25) is 0 Å². The van der Waals surface area contributed by atoms with Crippen LogP contribution in [0.5, 0.6) is 0 Å². The minimum Gasteiger partial charge on any atom is -0.318 e. The van der Waals surface area contributed by atoms with Gasteiger partial charge in [0.25, 0.3) is 5.56 Å². The van der Waals surface area contributed by atoms with Gasteiger partial charge >= 0.3 is 5.69 Å². The minimum atomic E-state index is -0.451. The van der Waals surface area contributed by atoms with Gasteiger partial charge in [0, 0.05) is 12.1 Å². The molecule has 0 atom stereocenters. The summed E-state index contributed by atoms with van der Waals surface area (Å²) in [7, 11) is 0.